The Kier molecular flexibility index (Phi) is 8.43. The van der Waals surface area contributed by atoms with E-state index in [9.17, 15) is 4.79 Å². The van der Waals surface area contributed by atoms with Crippen LogP contribution in [0.15, 0.2) is 11.4 Å². The molecule has 0 saturated carbocycles. The van der Waals surface area contributed by atoms with E-state index >= 15 is 0 Å². The molecule has 2 fully saturated rings. The number of rotatable bonds is 8. The van der Waals surface area contributed by atoms with Crippen molar-refractivity contribution in [2.45, 2.75) is 58.0 Å². The molecule has 0 bridgehead atoms. The van der Waals surface area contributed by atoms with Crippen LogP contribution in [0.1, 0.15) is 67.0 Å². The average Bonchev–Trinajstić information content (AvgIpc) is 3.31. The van der Waals surface area contributed by atoms with Crippen molar-refractivity contribution in [3.05, 3.63) is 28.7 Å². The number of nitrogens with one attached hydrogen (secondary N) is 1. The molecule has 4 rings (SSSR count). The summed E-state index contributed by atoms with van der Waals surface area (Å²) in [6.07, 6.45) is 5.12. The van der Waals surface area contributed by atoms with Gasteiger partial charge < -0.3 is 15.0 Å². The molecule has 2 aliphatic heterocycles. The summed E-state index contributed by atoms with van der Waals surface area (Å²) < 4.78 is 5.83. The molecule has 1 N–H and O–H groups in total. The van der Waals surface area contributed by atoms with Crippen LogP contribution in [0.2, 0.25) is 0 Å². The second-order valence-electron chi connectivity index (χ2n) is 8.98. The van der Waals surface area contributed by atoms with Crippen LogP contribution in [-0.4, -0.2) is 76.1 Å². The summed E-state index contributed by atoms with van der Waals surface area (Å²) in [4.78, 5) is 30.7. The van der Waals surface area contributed by atoms with Crippen LogP contribution in [0.4, 0.5) is 10.9 Å². The van der Waals surface area contributed by atoms with Gasteiger partial charge in [-0.1, -0.05) is 6.92 Å². The number of aromatic nitrogens is 3. The third-order valence-corrected chi connectivity index (χ3v) is 7.08. The monoisotopic (exact) mass is 483 g/mol. The highest BCUT2D eigenvalue weighted by Gasteiger charge is 2.26. The minimum atomic E-state index is -0.0300. The van der Waals surface area contributed by atoms with Crippen LogP contribution in [0, 0.1) is 18.3 Å². The van der Waals surface area contributed by atoms with E-state index in [0.717, 1.165) is 57.5 Å². The van der Waals surface area contributed by atoms with E-state index in [-0.39, 0.29) is 17.9 Å². The molecule has 2 saturated heterocycles. The Balaban J connectivity index is 1.37. The number of nitriles is 1. The van der Waals surface area contributed by atoms with Crippen LogP contribution in [-0.2, 0) is 4.74 Å². The number of aryl methyl sites for hydroxylation is 1. The number of carbonyl (C=O) groups is 1. The fourth-order valence-electron chi connectivity index (χ4n) is 4.62. The van der Waals surface area contributed by atoms with Gasteiger partial charge in [0.15, 0.2) is 5.13 Å². The molecule has 2 aromatic heterocycles. The van der Waals surface area contributed by atoms with Gasteiger partial charge in [0.2, 0.25) is 0 Å². The van der Waals surface area contributed by atoms with Crippen LogP contribution in [0.5, 0.6) is 0 Å². The maximum atomic E-state index is 12.9. The molecule has 2 aromatic rings. The number of hydrogen-bond donors (Lipinski definition) is 1. The zero-order chi connectivity index (χ0) is 23.9. The molecule has 0 radical (unpaired) electrons. The second kappa shape index (κ2) is 11.7. The molecule has 1 atom stereocenters. The molecular formula is C24H33N7O2S. The van der Waals surface area contributed by atoms with E-state index in [4.69, 9.17) is 10.00 Å². The molecule has 0 unspecified atom stereocenters. The maximum Gasteiger partial charge on any atom is 0.273 e. The quantitative estimate of drug-likeness (QED) is 0.566. The van der Waals surface area contributed by atoms with Crippen molar-refractivity contribution in [3.8, 4) is 6.07 Å². The van der Waals surface area contributed by atoms with E-state index in [1.807, 2.05) is 17.9 Å². The molecule has 0 spiro atoms. The van der Waals surface area contributed by atoms with Crippen molar-refractivity contribution in [2.24, 2.45) is 0 Å². The Bertz CT molecular complexity index is 1010. The first-order chi connectivity index (χ1) is 16.6. The molecule has 4 heterocycles. The SMILES string of the molecule is CCCOC1CCN(C(=O)c2csc(Nc3cc([C@H]4CCCN(CC#N)C4)nc(C)n3)n2)CC1. The predicted molar refractivity (Wildman–Crippen MR) is 131 cm³/mol. The number of nitrogens with zero attached hydrogens (tertiary/aromatic N) is 6. The smallest absolute Gasteiger partial charge is 0.273 e. The lowest BCUT2D eigenvalue weighted by Crippen LogP contribution is -2.41. The third-order valence-electron chi connectivity index (χ3n) is 6.32. The van der Waals surface area contributed by atoms with Crippen LogP contribution in [0.3, 0.4) is 0 Å². The number of ether oxygens (including phenoxy) is 1. The first-order valence-electron chi connectivity index (χ1n) is 12.1. The molecule has 182 valence electrons. The van der Waals surface area contributed by atoms with Gasteiger partial charge in [0.25, 0.3) is 5.91 Å². The summed E-state index contributed by atoms with van der Waals surface area (Å²) in [5.74, 6) is 1.63. The normalized spacial score (nSPS) is 19.7. The van der Waals surface area contributed by atoms with Gasteiger partial charge in [0.05, 0.1) is 24.4 Å². The molecule has 34 heavy (non-hydrogen) atoms. The summed E-state index contributed by atoms with van der Waals surface area (Å²) in [7, 11) is 0. The number of hydrogen-bond acceptors (Lipinski definition) is 9. The van der Waals surface area contributed by atoms with Crippen LogP contribution >= 0.6 is 11.3 Å². The zero-order valence-corrected chi connectivity index (χ0v) is 20.8. The summed E-state index contributed by atoms with van der Waals surface area (Å²) in [5.41, 5.74) is 1.45. The molecule has 0 aliphatic carbocycles. The van der Waals surface area contributed by atoms with Gasteiger partial charge >= 0.3 is 0 Å². The van der Waals surface area contributed by atoms with Crippen molar-refractivity contribution in [1.82, 2.24) is 24.8 Å². The number of anilines is 2. The van der Waals surface area contributed by atoms with E-state index < -0.39 is 0 Å². The lowest BCUT2D eigenvalue weighted by atomic mass is 9.94. The standard InChI is InChI=1S/C24H33N7O2S/c1-3-13-33-19-6-10-31(11-7-19)23(32)21-16-34-24(28-21)29-22-14-20(26-17(2)27-22)18-5-4-9-30(15-18)12-8-25/h14,16,18-19H,3-7,9-13,15H2,1-2H3,(H,26,27,28,29)/t18-/m0/s1. The highest BCUT2D eigenvalue weighted by Crippen LogP contribution is 2.28. The minimum absolute atomic E-state index is 0.0300. The van der Waals surface area contributed by atoms with E-state index in [1.165, 1.54) is 11.3 Å². The van der Waals surface area contributed by atoms with Crippen molar-refractivity contribution >= 4 is 28.2 Å². The molecule has 9 nitrogen and oxygen atoms in total. The Morgan fingerprint density at radius 3 is 2.85 bits per heavy atom. The first kappa shape index (κ1) is 24.5. The highest BCUT2D eigenvalue weighted by molar-refractivity contribution is 7.14. The second-order valence-corrected chi connectivity index (χ2v) is 9.84. The minimum Gasteiger partial charge on any atom is -0.378 e. The van der Waals surface area contributed by atoms with Gasteiger partial charge in [-0.2, -0.15) is 5.26 Å². The van der Waals surface area contributed by atoms with Crippen molar-refractivity contribution in [1.29, 1.82) is 5.26 Å². The fraction of sp³-hybridized carbons (Fsp3) is 0.625. The molecule has 10 heteroatoms. The number of thiazole rings is 1. The molecular weight excluding hydrogens is 450 g/mol. The Hall–Kier alpha value is -2.61. The van der Waals surface area contributed by atoms with Gasteiger partial charge in [-0.25, -0.2) is 15.0 Å². The molecule has 2 aliphatic rings. The Morgan fingerprint density at radius 2 is 2.09 bits per heavy atom. The topological polar surface area (TPSA) is 107 Å². The van der Waals surface area contributed by atoms with Crippen molar-refractivity contribution in [2.75, 3.05) is 44.6 Å². The molecule has 1 amide bonds. The van der Waals surface area contributed by atoms with Gasteiger partial charge in [-0.05, 0) is 45.6 Å². The zero-order valence-electron chi connectivity index (χ0n) is 20.0. The van der Waals surface area contributed by atoms with Crippen LogP contribution < -0.4 is 5.32 Å². The largest absolute Gasteiger partial charge is 0.378 e. The van der Waals surface area contributed by atoms with Gasteiger partial charge in [-0.3, -0.25) is 9.69 Å². The number of likely N-dealkylation sites (tertiary alicyclic amines) is 2. The Morgan fingerprint density at radius 1 is 1.26 bits per heavy atom. The highest BCUT2D eigenvalue weighted by atomic mass is 32.1. The predicted octanol–water partition coefficient (Wildman–Crippen LogP) is 3.72. The van der Waals surface area contributed by atoms with Crippen LogP contribution in [0.25, 0.3) is 0 Å². The lowest BCUT2D eigenvalue weighted by Gasteiger charge is -2.31. The van der Waals surface area contributed by atoms with E-state index in [0.29, 0.717) is 42.1 Å². The van der Waals surface area contributed by atoms with Gasteiger partial charge in [-0.15, -0.1) is 11.3 Å². The number of piperidine rings is 2. The Labute approximate surface area is 205 Å². The lowest BCUT2D eigenvalue weighted by molar-refractivity contribution is 0.00887. The third kappa shape index (κ3) is 6.29. The van der Waals surface area contributed by atoms with Gasteiger partial charge in [0, 0.05) is 43.6 Å². The van der Waals surface area contributed by atoms with Gasteiger partial charge in [0.1, 0.15) is 17.3 Å². The first-order valence-corrected chi connectivity index (χ1v) is 13.0. The fourth-order valence-corrected chi connectivity index (χ4v) is 5.31. The van der Waals surface area contributed by atoms with E-state index in [1.54, 1.807) is 5.38 Å². The van der Waals surface area contributed by atoms with Crippen molar-refractivity contribution < 1.29 is 9.53 Å². The summed E-state index contributed by atoms with van der Waals surface area (Å²) >= 11 is 1.40. The summed E-state index contributed by atoms with van der Waals surface area (Å²) in [6.45, 7) is 8.41. The molecule has 0 aromatic carbocycles. The number of amides is 1. The summed E-state index contributed by atoms with van der Waals surface area (Å²) in [5, 5.41) is 14.7. The summed E-state index contributed by atoms with van der Waals surface area (Å²) in [6, 6.07) is 4.22. The maximum absolute atomic E-state index is 12.9. The van der Waals surface area contributed by atoms with Crippen molar-refractivity contribution in [3.63, 3.8) is 0 Å². The number of carbonyl (C=O) groups excluding carboxylic acids is 1. The average molecular weight is 484 g/mol. The van der Waals surface area contributed by atoms with E-state index in [2.05, 4.69) is 38.2 Å².